The van der Waals surface area contributed by atoms with Gasteiger partial charge in [-0.3, -0.25) is 4.79 Å². The lowest BCUT2D eigenvalue weighted by molar-refractivity contribution is 0.102. The van der Waals surface area contributed by atoms with Crippen molar-refractivity contribution < 1.29 is 9.53 Å². The van der Waals surface area contributed by atoms with Gasteiger partial charge in [0.05, 0.1) is 10.7 Å². The third-order valence-electron chi connectivity index (χ3n) is 3.54. The van der Waals surface area contributed by atoms with Crippen LogP contribution in [0.25, 0.3) is 0 Å². The zero-order valence-corrected chi connectivity index (χ0v) is 17.6. The molecule has 1 amide bonds. The minimum Gasteiger partial charge on any atom is -0.432 e. The van der Waals surface area contributed by atoms with Gasteiger partial charge in [-0.15, -0.1) is 0 Å². The second-order valence-corrected chi connectivity index (χ2v) is 7.50. The molecule has 0 atom stereocenters. The number of amides is 1. The first-order chi connectivity index (χ1) is 13.0. The smallest absolute Gasteiger partial charge is 0.266 e. The van der Waals surface area contributed by atoms with E-state index in [1.165, 1.54) is 0 Å². The van der Waals surface area contributed by atoms with Gasteiger partial charge in [-0.1, -0.05) is 23.7 Å². The number of hydrogen-bond donors (Lipinski definition) is 2. The lowest BCUT2D eigenvalue weighted by atomic mass is 10.2. The number of anilines is 2. The largest absolute Gasteiger partial charge is 0.432 e. The highest BCUT2D eigenvalue weighted by Gasteiger charge is 2.09. The van der Waals surface area contributed by atoms with Gasteiger partial charge in [0.1, 0.15) is 5.75 Å². The van der Waals surface area contributed by atoms with Crippen molar-refractivity contribution in [2.75, 3.05) is 10.6 Å². The van der Waals surface area contributed by atoms with Crippen molar-refractivity contribution in [1.82, 2.24) is 0 Å². The quantitative estimate of drug-likeness (QED) is 0.337. The molecule has 27 heavy (non-hydrogen) atoms. The fourth-order valence-electron chi connectivity index (χ4n) is 2.22. The van der Waals surface area contributed by atoms with Crippen LogP contribution in [0.3, 0.4) is 0 Å². The topological polar surface area (TPSA) is 50.4 Å². The van der Waals surface area contributed by atoms with Crippen LogP contribution < -0.4 is 15.4 Å². The van der Waals surface area contributed by atoms with Gasteiger partial charge in [-0.2, -0.15) is 0 Å². The van der Waals surface area contributed by atoms with E-state index in [9.17, 15) is 4.79 Å². The molecule has 0 fully saturated rings. The third kappa shape index (κ3) is 5.66. The van der Waals surface area contributed by atoms with E-state index < -0.39 is 0 Å². The molecule has 0 saturated carbocycles. The van der Waals surface area contributed by atoms with Crippen LogP contribution in [0.15, 0.2) is 72.8 Å². The van der Waals surface area contributed by atoms with E-state index in [1.54, 1.807) is 48.5 Å². The Bertz CT molecular complexity index is 962. The van der Waals surface area contributed by atoms with Crippen LogP contribution in [0.2, 0.25) is 5.02 Å². The molecule has 3 aromatic carbocycles. The van der Waals surface area contributed by atoms with Crippen molar-refractivity contribution in [3.63, 3.8) is 0 Å². The van der Waals surface area contributed by atoms with Gasteiger partial charge in [0.15, 0.2) is 0 Å². The Morgan fingerprint density at radius 2 is 1.59 bits per heavy atom. The number of benzene rings is 3. The first kappa shape index (κ1) is 19.6. The summed E-state index contributed by atoms with van der Waals surface area (Å²) in [6.07, 6.45) is 0. The summed E-state index contributed by atoms with van der Waals surface area (Å²) in [6.45, 7) is 0. The molecule has 0 saturated heterocycles. The lowest BCUT2D eigenvalue weighted by Gasteiger charge is -2.10. The van der Waals surface area contributed by atoms with Crippen LogP contribution in [-0.4, -0.2) is 11.1 Å². The van der Waals surface area contributed by atoms with Crippen LogP contribution in [-0.2, 0) is 0 Å². The van der Waals surface area contributed by atoms with Crippen molar-refractivity contribution in [3.05, 3.63) is 87.0 Å². The number of nitrogens with one attached hydrogen (secondary N) is 2. The van der Waals surface area contributed by atoms with E-state index in [4.69, 9.17) is 28.6 Å². The van der Waals surface area contributed by atoms with E-state index in [0.717, 1.165) is 9.26 Å². The van der Waals surface area contributed by atoms with Crippen molar-refractivity contribution in [2.45, 2.75) is 0 Å². The Morgan fingerprint density at radius 1 is 0.926 bits per heavy atom. The predicted molar refractivity (Wildman–Crippen MR) is 122 cm³/mol. The summed E-state index contributed by atoms with van der Waals surface area (Å²) >= 11 is 13.5. The maximum atomic E-state index is 12.3. The first-order valence-electron chi connectivity index (χ1n) is 7.91. The summed E-state index contributed by atoms with van der Waals surface area (Å²) in [5.41, 5.74) is 1.89. The van der Waals surface area contributed by atoms with Gasteiger partial charge in [-0.05, 0) is 95.5 Å². The van der Waals surface area contributed by atoms with E-state index >= 15 is 0 Å². The summed E-state index contributed by atoms with van der Waals surface area (Å²) in [7, 11) is 0. The highest BCUT2D eigenvalue weighted by Crippen LogP contribution is 2.22. The van der Waals surface area contributed by atoms with Crippen LogP contribution in [0.4, 0.5) is 11.4 Å². The van der Waals surface area contributed by atoms with E-state index in [2.05, 4.69) is 33.2 Å². The molecule has 0 aromatic heterocycles. The average Bonchev–Trinajstić information content (AvgIpc) is 2.66. The summed E-state index contributed by atoms with van der Waals surface area (Å²) in [6, 6.07) is 21.5. The zero-order chi connectivity index (χ0) is 19.2. The second-order valence-electron chi connectivity index (χ2n) is 5.48. The van der Waals surface area contributed by atoms with E-state index in [-0.39, 0.29) is 11.1 Å². The highest BCUT2D eigenvalue weighted by molar-refractivity contribution is 14.1. The predicted octanol–water partition coefficient (Wildman–Crippen LogP) is 5.97. The maximum Gasteiger partial charge on any atom is 0.266 e. The van der Waals surface area contributed by atoms with Gasteiger partial charge >= 0.3 is 0 Å². The number of ether oxygens (including phenoxy) is 1. The van der Waals surface area contributed by atoms with Crippen molar-refractivity contribution in [3.8, 4) is 5.75 Å². The summed E-state index contributed by atoms with van der Waals surface area (Å²) in [5.74, 6) is 0.279. The Hall–Kier alpha value is -2.16. The molecular formula is C20H14ClIN2O2S. The normalized spacial score (nSPS) is 10.1. The van der Waals surface area contributed by atoms with E-state index in [1.807, 2.05) is 24.3 Å². The Labute approximate surface area is 181 Å². The fraction of sp³-hybridized carbons (Fsp3) is 0. The number of hydrogen-bond acceptors (Lipinski definition) is 3. The molecule has 0 unspecified atom stereocenters. The molecule has 0 aliphatic rings. The van der Waals surface area contributed by atoms with Crippen LogP contribution >= 0.6 is 46.4 Å². The maximum absolute atomic E-state index is 12.3. The zero-order valence-electron chi connectivity index (χ0n) is 13.9. The number of halogens is 2. The Kier molecular flexibility index (Phi) is 6.65. The van der Waals surface area contributed by atoms with Crippen LogP contribution in [0.1, 0.15) is 10.4 Å². The molecule has 0 spiro atoms. The fourth-order valence-corrected chi connectivity index (χ4v) is 2.97. The number of para-hydroxylation sites is 1. The van der Waals surface area contributed by atoms with Gasteiger partial charge in [-0.25, -0.2) is 0 Å². The van der Waals surface area contributed by atoms with Crippen LogP contribution in [0.5, 0.6) is 5.75 Å². The number of thiocarbonyl (C=S) groups is 1. The third-order valence-corrected chi connectivity index (χ3v) is 4.77. The molecule has 0 radical (unpaired) electrons. The van der Waals surface area contributed by atoms with Crippen molar-refractivity contribution >= 4 is 68.9 Å². The summed E-state index contributed by atoms with van der Waals surface area (Å²) < 4.78 is 6.72. The second kappa shape index (κ2) is 9.16. The summed E-state index contributed by atoms with van der Waals surface area (Å²) in [5, 5.41) is 6.49. The molecule has 0 aliphatic carbocycles. The van der Waals surface area contributed by atoms with Gasteiger partial charge in [0.2, 0.25) is 0 Å². The first-order valence-corrected chi connectivity index (χ1v) is 9.78. The molecule has 3 aromatic rings. The molecular weight excluding hydrogens is 495 g/mol. The lowest BCUT2D eigenvalue weighted by Crippen LogP contribution is -2.16. The number of carbonyl (C=O) groups excluding carboxylic acids is 1. The minimum absolute atomic E-state index is 0.226. The molecule has 2 N–H and O–H groups in total. The van der Waals surface area contributed by atoms with Crippen molar-refractivity contribution in [1.29, 1.82) is 0 Å². The van der Waals surface area contributed by atoms with E-state index in [0.29, 0.717) is 22.0 Å². The molecule has 4 nitrogen and oxygen atoms in total. The standard InChI is InChI=1S/C20H14ClIN2O2S/c21-17-3-1-2-4-18(17)24-19(25)13-5-11-16(12-6-13)26-20(27)23-15-9-7-14(22)8-10-15/h1-12H,(H,23,27)(H,24,25). The van der Waals surface area contributed by atoms with Gasteiger partial charge in [0.25, 0.3) is 11.1 Å². The van der Waals surface area contributed by atoms with Crippen LogP contribution in [0, 0.1) is 3.57 Å². The number of rotatable bonds is 4. The SMILES string of the molecule is O=C(Nc1ccccc1Cl)c1ccc(OC(=S)Nc2ccc(I)cc2)cc1. The highest BCUT2D eigenvalue weighted by atomic mass is 127. The number of carbonyl (C=O) groups is 1. The molecule has 7 heteroatoms. The van der Waals surface area contributed by atoms with Gasteiger partial charge in [0, 0.05) is 14.8 Å². The Morgan fingerprint density at radius 3 is 2.26 bits per heavy atom. The molecule has 136 valence electrons. The average molecular weight is 509 g/mol. The Balaban J connectivity index is 1.59. The monoisotopic (exact) mass is 508 g/mol. The van der Waals surface area contributed by atoms with Gasteiger partial charge < -0.3 is 15.4 Å². The molecule has 0 bridgehead atoms. The molecule has 0 aliphatic heterocycles. The summed E-state index contributed by atoms with van der Waals surface area (Å²) in [4.78, 5) is 12.3. The van der Waals surface area contributed by atoms with Crippen molar-refractivity contribution in [2.24, 2.45) is 0 Å². The molecule has 3 rings (SSSR count). The minimum atomic E-state index is -0.255. The molecule has 0 heterocycles.